The number of nitrogens with one attached hydrogen (secondary N) is 2. The second-order valence-electron chi connectivity index (χ2n) is 7.13. The average Bonchev–Trinajstić information content (AvgIpc) is 2.83. The van der Waals surface area contributed by atoms with Crippen molar-refractivity contribution < 1.29 is 29.8 Å². The van der Waals surface area contributed by atoms with E-state index < -0.39 is 11.9 Å². The number of rotatable bonds is 2. The van der Waals surface area contributed by atoms with Gasteiger partial charge in [-0.3, -0.25) is 0 Å². The number of carboxylic acids is 2. The van der Waals surface area contributed by atoms with Crippen molar-refractivity contribution >= 4 is 81.9 Å². The van der Waals surface area contributed by atoms with Crippen LogP contribution in [0.25, 0.3) is 22.5 Å². The first kappa shape index (κ1) is 33.8. The molecule has 0 fully saturated rings. The third-order valence-electron chi connectivity index (χ3n) is 3.96. The summed E-state index contributed by atoms with van der Waals surface area (Å²) in [5.74, 6) is -1.31. The SMILES string of the molecule is CC(=O)[O-].CC(=O)[O-].Nc1nnc(-c2cccc(Cl)c2Cl)c(N)[nH+]1.Nc1nnc(-c2cccc(Cl)c2Cl)c(N)[nH+]1. The zero-order chi connectivity index (χ0) is 30.6. The Labute approximate surface area is 247 Å². The van der Waals surface area contributed by atoms with Crippen molar-refractivity contribution in [1.29, 1.82) is 0 Å². The van der Waals surface area contributed by atoms with Crippen LogP contribution in [-0.2, 0) is 9.59 Å². The molecule has 0 saturated carbocycles. The number of hydrogen-bond acceptors (Lipinski definition) is 12. The summed E-state index contributed by atoms with van der Waals surface area (Å²) in [5, 5.41) is 34.5. The molecule has 0 bridgehead atoms. The van der Waals surface area contributed by atoms with Gasteiger partial charge in [0.05, 0.1) is 20.1 Å². The van der Waals surface area contributed by atoms with Gasteiger partial charge in [-0.25, -0.2) is 9.97 Å². The number of aliphatic carboxylic acids is 2. The van der Waals surface area contributed by atoms with E-state index in [1.54, 1.807) is 36.4 Å². The van der Waals surface area contributed by atoms with E-state index in [4.69, 9.17) is 89.1 Å². The van der Waals surface area contributed by atoms with E-state index in [0.29, 0.717) is 42.6 Å². The lowest BCUT2D eigenvalue weighted by Crippen LogP contribution is -2.20. The Balaban J connectivity index is 0.000000317. The summed E-state index contributed by atoms with van der Waals surface area (Å²) in [7, 11) is 0. The van der Waals surface area contributed by atoms with E-state index in [0.717, 1.165) is 13.8 Å². The number of hydrogen-bond donors (Lipinski definition) is 4. The second-order valence-corrected chi connectivity index (χ2v) is 8.70. The first-order valence-corrected chi connectivity index (χ1v) is 12.0. The minimum Gasteiger partial charge on any atom is -0.550 e. The predicted octanol–water partition coefficient (Wildman–Crippen LogP) is 0.370. The third kappa shape index (κ3) is 10.9. The lowest BCUT2D eigenvalue weighted by molar-refractivity contribution is -0.347. The number of H-pyrrole nitrogens is 2. The summed E-state index contributed by atoms with van der Waals surface area (Å²) >= 11 is 23.9. The molecule has 4 aromatic rings. The van der Waals surface area contributed by atoms with Gasteiger partial charge in [-0.2, -0.15) is 0 Å². The van der Waals surface area contributed by atoms with Crippen LogP contribution in [0.4, 0.5) is 23.5 Å². The number of aromatic amines is 2. The summed E-state index contributed by atoms with van der Waals surface area (Å²) in [6.45, 7) is 1.94. The molecule has 0 radical (unpaired) electrons. The fourth-order valence-electron chi connectivity index (χ4n) is 2.53. The number of carboxylic acid groups (broad SMARTS) is 2. The molecule has 40 heavy (non-hydrogen) atoms. The van der Waals surface area contributed by atoms with Crippen LogP contribution in [0, 0.1) is 0 Å². The summed E-state index contributed by atoms with van der Waals surface area (Å²) in [6.07, 6.45) is 0. The maximum Gasteiger partial charge on any atom is 0.364 e. The van der Waals surface area contributed by atoms with Crippen molar-refractivity contribution in [2.24, 2.45) is 0 Å². The van der Waals surface area contributed by atoms with Gasteiger partial charge in [0.15, 0.2) is 11.4 Å². The summed E-state index contributed by atoms with van der Waals surface area (Å²) in [6, 6.07) is 10.4. The molecule has 10 N–H and O–H groups in total. The van der Waals surface area contributed by atoms with E-state index >= 15 is 0 Å². The van der Waals surface area contributed by atoms with Crippen molar-refractivity contribution in [2.75, 3.05) is 22.9 Å². The van der Waals surface area contributed by atoms with Gasteiger partial charge in [0.25, 0.3) is 0 Å². The Hall–Kier alpha value is -4.24. The molecule has 4 rings (SSSR count). The molecule has 0 saturated heterocycles. The standard InChI is InChI=1S/2C9H7Cl2N5.2C2H4O2/c2*10-5-3-1-2-4(6(5)11)7-8(12)14-9(13)16-15-7;2*1-2(3)4/h2*1-3H,(H4,12,13,14,16);2*1H3,(H,3,4). The highest BCUT2D eigenvalue weighted by Gasteiger charge is 2.16. The van der Waals surface area contributed by atoms with Gasteiger partial charge in [-0.15, -0.1) is 0 Å². The van der Waals surface area contributed by atoms with Gasteiger partial charge < -0.3 is 42.7 Å². The largest absolute Gasteiger partial charge is 0.550 e. The smallest absolute Gasteiger partial charge is 0.364 e. The number of nitrogens with zero attached hydrogens (tertiary/aromatic N) is 4. The second kappa shape index (κ2) is 16.0. The van der Waals surface area contributed by atoms with E-state index in [1.807, 2.05) is 0 Å². The Morgan fingerprint density at radius 1 is 0.650 bits per heavy atom. The predicted molar refractivity (Wildman–Crippen MR) is 147 cm³/mol. The number of nitrogen functional groups attached to an aromatic ring is 4. The maximum absolute atomic E-state index is 8.89. The summed E-state index contributed by atoms with van der Waals surface area (Å²) in [5.41, 5.74) is 24.3. The number of anilines is 4. The molecule has 2 aromatic heterocycles. The molecule has 0 unspecified atom stereocenters. The van der Waals surface area contributed by atoms with Gasteiger partial charge in [0.2, 0.25) is 11.6 Å². The van der Waals surface area contributed by atoms with Crippen LogP contribution in [0.1, 0.15) is 13.8 Å². The van der Waals surface area contributed by atoms with Crippen molar-refractivity contribution in [3.63, 3.8) is 0 Å². The lowest BCUT2D eigenvalue weighted by Gasteiger charge is -2.04. The number of carbonyl (C=O) groups excluding carboxylic acids is 2. The molecule has 212 valence electrons. The lowest BCUT2D eigenvalue weighted by atomic mass is 10.1. The number of benzene rings is 2. The summed E-state index contributed by atoms with van der Waals surface area (Å²) < 4.78 is 0. The van der Waals surface area contributed by atoms with Crippen molar-refractivity contribution in [2.45, 2.75) is 13.8 Å². The minimum atomic E-state index is -1.08. The minimum absolute atomic E-state index is 0.138. The molecule has 0 spiro atoms. The molecule has 0 aliphatic rings. The van der Waals surface area contributed by atoms with Gasteiger partial charge in [0, 0.05) is 33.3 Å². The zero-order valence-electron chi connectivity index (χ0n) is 20.7. The normalized spacial score (nSPS) is 9.55. The van der Waals surface area contributed by atoms with Crippen LogP contribution >= 0.6 is 46.4 Å². The van der Waals surface area contributed by atoms with E-state index in [9.17, 15) is 0 Å². The number of aromatic nitrogens is 6. The number of halogens is 4. The Kier molecular flexibility index (Phi) is 13.5. The van der Waals surface area contributed by atoms with E-state index in [-0.39, 0.29) is 23.5 Å². The molecule has 2 aromatic carbocycles. The average molecular weight is 632 g/mol. The van der Waals surface area contributed by atoms with Crippen LogP contribution in [-0.4, -0.2) is 32.3 Å². The fraction of sp³-hybridized carbons (Fsp3) is 0.0909. The van der Waals surface area contributed by atoms with Crippen molar-refractivity contribution in [3.05, 3.63) is 56.5 Å². The molecule has 14 nitrogen and oxygen atoms in total. The zero-order valence-corrected chi connectivity index (χ0v) is 23.7. The van der Waals surface area contributed by atoms with Crippen LogP contribution < -0.4 is 43.1 Å². The Morgan fingerprint density at radius 3 is 1.23 bits per heavy atom. The molecule has 0 aliphatic carbocycles. The molecule has 0 aliphatic heterocycles. The van der Waals surface area contributed by atoms with E-state index in [2.05, 4.69) is 30.4 Å². The maximum atomic E-state index is 8.89. The first-order valence-electron chi connectivity index (χ1n) is 10.5. The molecular weight excluding hydrogens is 610 g/mol. The molecule has 18 heteroatoms. The van der Waals surface area contributed by atoms with Gasteiger partial charge in [-0.05, 0) is 26.0 Å². The number of carbonyl (C=O) groups is 2. The van der Waals surface area contributed by atoms with Crippen LogP contribution in [0.3, 0.4) is 0 Å². The van der Waals surface area contributed by atoms with Gasteiger partial charge >= 0.3 is 11.9 Å². The monoisotopic (exact) mass is 630 g/mol. The van der Waals surface area contributed by atoms with Crippen LogP contribution in [0.15, 0.2) is 36.4 Å². The fourth-order valence-corrected chi connectivity index (χ4v) is 3.31. The van der Waals surface area contributed by atoms with Gasteiger partial charge in [0.1, 0.15) is 0 Å². The highest BCUT2D eigenvalue weighted by Crippen LogP contribution is 2.34. The number of nitrogens with two attached hydrogens (primary N) is 4. The first-order chi connectivity index (χ1) is 18.6. The van der Waals surface area contributed by atoms with E-state index in [1.165, 1.54) is 0 Å². The molecular formula is C22H22Cl4N10O4. The highest BCUT2D eigenvalue weighted by atomic mass is 35.5. The molecule has 2 heterocycles. The van der Waals surface area contributed by atoms with Crippen molar-refractivity contribution in [1.82, 2.24) is 20.4 Å². The highest BCUT2D eigenvalue weighted by molar-refractivity contribution is 6.44. The topological polar surface area (TPSA) is 264 Å². The third-order valence-corrected chi connectivity index (χ3v) is 5.60. The van der Waals surface area contributed by atoms with Crippen molar-refractivity contribution in [3.8, 4) is 22.5 Å². The summed E-state index contributed by atoms with van der Waals surface area (Å²) in [4.78, 5) is 23.1. The van der Waals surface area contributed by atoms with Crippen LogP contribution in [0.5, 0.6) is 0 Å². The quantitative estimate of drug-likeness (QED) is 0.234. The van der Waals surface area contributed by atoms with Crippen LogP contribution in [0.2, 0.25) is 20.1 Å². The molecule has 0 atom stereocenters. The van der Waals surface area contributed by atoms with Gasteiger partial charge in [-0.1, -0.05) is 80.9 Å². The Bertz CT molecular complexity index is 1380. The molecule has 0 amide bonds. The Morgan fingerprint density at radius 2 is 0.950 bits per heavy atom.